The van der Waals surface area contributed by atoms with E-state index < -0.39 is 5.72 Å². The molecule has 1 N–H and O–H groups in total. The van der Waals surface area contributed by atoms with E-state index in [2.05, 4.69) is 49.7 Å². The lowest BCUT2D eigenvalue weighted by atomic mass is 9.88. The van der Waals surface area contributed by atoms with Crippen molar-refractivity contribution in [3.63, 3.8) is 0 Å². The molecule has 0 spiro atoms. The van der Waals surface area contributed by atoms with Crippen molar-refractivity contribution < 1.29 is 4.74 Å². The number of fused-ring (bicyclic) bond motifs is 4. The van der Waals surface area contributed by atoms with E-state index in [0.29, 0.717) is 0 Å². The lowest BCUT2D eigenvalue weighted by Gasteiger charge is -2.52. The SMILES string of the molecule is C=C(C)CN1C(=S)NC2CC1(C)Oc1cc(C)c(C)cc12. The second kappa shape index (κ2) is 4.73. The molecule has 3 rings (SSSR count). The summed E-state index contributed by atoms with van der Waals surface area (Å²) in [5, 5.41) is 4.22. The normalized spacial score (nSPS) is 26.8. The van der Waals surface area contributed by atoms with Crippen LogP contribution >= 0.6 is 12.2 Å². The molecule has 0 amide bonds. The summed E-state index contributed by atoms with van der Waals surface area (Å²) in [6, 6.07) is 4.59. The Bertz CT molecular complexity index is 640. The lowest BCUT2D eigenvalue weighted by Crippen LogP contribution is -2.64. The molecule has 1 fully saturated rings. The number of thiocarbonyl (C=S) groups is 1. The second-order valence-electron chi connectivity index (χ2n) is 6.50. The number of hydrogen-bond donors (Lipinski definition) is 1. The summed E-state index contributed by atoms with van der Waals surface area (Å²) in [4.78, 5) is 2.11. The van der Waals surface area contributed by atoms with Crippen molar-refractivity contribution in [1.82, 2.24) is 10.2 Å². The van der Waals surface area contributed by atoms with Gasteiger partial charge in [0.05, 0.1) is 6.04 Å². The summed E-state index contributed by atoms with van der Waals surface area (Å²) in [6.07, 6.45) is 0.885. The fourth-order valence-corrected chi connectivity index (χ4v) is 3.58. The van der Waals surface area contributed by atoms with Gasteiger partial charge in [0.2, 0.25) is 0 Å². The van der Waals surface area contributed by atoms with Crippen LogP contribution in [-0.4, -0.2) is 22.3 Å². The van der Waals surface area contributed by atoms with Crippen molar-refractivity contribution in [3.8, 4) is 5.75 Å². The monoisotopic (exact) mass is 302 g/mol. The molecule has 2 unspecified atom stereocenters. The van der Waals surface area contributed by atoms with Crippen molar-refractivity contribution in [2.75, 3.05) is 6.54 Å². The van der Waals surface area contributed by atoms with Crippen molar-refractivity contribution in [2.24, 2.45) is 0 Å². The molecule has 2 heterocycles. The Labute approximate surface area is 132 Å². The van der Waals surface area contributed by atoms with Crippen molar-refractivity contribution >= 4 is 17.3 Å². The van der Waals surface area contributed by atoms with Gasteiger partial charge in [-0.15, -0.1) is 0 Å². The molecular weight excluding hydrogens is 280 g/mol. The summed E-state index contributed by atoms with van der Waals surface area (Å²) in [6.45, 7) is 13.1. The highest BCUT2D eigenvalue weighted by molar-refractivity contribution is 7.80. The molecule has 2 atom stereocenters. The van der Waals surface area contributed by atoms with Crippen LogP contribution < -0.4 is 10.1 Å². The van der Waals surface area contributed by atoms with Gasteiger partial charge in [0.25, 0.3) is 0 Å². The summed E-state index contributed by atoms with van der Waals surface area (Å²) in [5.74, 6) is 0.971. The quantitative estimate of drug-likeness (QED) is 0.666. The molecule has 0 aliphatic carbocycles. The molecule has 2 aliphatic heterocycles. The van der Waals surface area contributed by atoms with Crippen molar-refractivity contribution in [3.05, 3.63) is 41.0 Å². The van der Waals surface area contributed by atoms with Gasteiger partial charge >= 0.3 is 0 Å². The average Bonchev–Trinajstić information content (AvgIpc) is 2.37. The number of hydrogen-bond acceptors (Lipinski definition) is 2. The second-order valence-corrected chi connectivity index (χ2v) is 6.89. The minimum Gasteiger partial charge on any atom is -0.468 e. The van der Waals surface area contributed by atoms with E-state index in [1.165, 1.54) is 16.7 Å². The van der Waals surface area contributed by atoms with Gasteiger partial charge in [0.1, 0.15) is 5.75 Å². The van der Waals surface area contributed by atoms with Crippen LogP contribution in [0.2, 0.25) is 0 Å². The van der Waals surface area contributed by atoms with Crippen LogP contribution in [0.3, 0.4) is 0 Å². The van der Waals surface area contributed by atoms with Crippen LogP contribution in [0.1, 0.15) is 43.0 Å². The maximum atomic E-state index is 6.37. The number of nitrogens with zero attached hydrogens (tertiary/aromatic N) is 1. The molecule has 3 nitrogen and oxygen atoms in total. The third kappa shape index (κ3) is 2.31. The Morgan fingerprint density at radius 2 is 2.14 bits per heavy atom. The number of benzene rings is 1. The van der Waals surface area contributed by atoms with E-state index in [9.17, 15) is 0 Å². The van der Waals surface area contributed by atoms with Crippen LogP contribution in [0.4, 0.5) is 0 Å². The molecule has 1 aromatic rings. The van der Waals surface area contributed by atoms with Crippen LogP contribution in [0.15, 0.2) is 24.3 Å². The van der Waals surface area contributed by atoms with Crippen LogP contribution in [0, 0.1) is 13.8 Å². The maximum Gasteiger partial charge on any atom is 0.184 e. The van der Waals surface area contributed by atoms with Crippen molar-refractivity contribution in [2.45, 2.75) is 45.9 Å². The maximum absolute atomic E-state index is 6.37. The minimum atomic E-state index is -0.402. The number of nitrogens with one attached hydrogen (secondary N) is 1. The smallest absolute Gasteiger partial charge is 0.184 e. The van der Waals surface area contributed by atoms with Crippen molar-refractivity contribution in [1.29, 1.82) is 0 Å². The molecule has 2 aliphatic rings. The predicted octanol–water partition coefficient (Wildman–Crippen LogP) is 3.61. The van der Waals surface area contributed by atoms with Crippen LogP contribution in [0.25, 0.3) is 0 Å². The van der Waals surface area contributed by atoms with Gasteiger partial charge in [0, 0.05) is 18.5 Å². The Morgan fingerprint density at radius 3 is 2.81 bits per heavy atom. The standard InChI is InChI=1S/C17H22N2OS/c1-10(2)9-19-16(21)18-14-8-17(19,5)20-15-7-12(4)11(3)6-13(14)15/h6-7,14H,1,8-9H2,2-5H3,(H,18,21). The molecule has 1 saturated heterocycles. The Balaban J connectivity index is 2.04. The average molecular weight is 302 g/mol. The molecule has 1 aromatic carbocycles. The fourth-order valence-electron chi connectivity index (χ4n) is 3.18. The highest BCUT2D eigenvalue weighted by Gasteiger charge is 2.47. The topological polar surface area (TPSA) is 24.5 Å². The molecule has 0 saturated carbocycles. The van der Waals surface area contributed by atoms with E-state index in [0.717, 1.165) is 29.4 Å². The minimum absolute atomic E-state index is 0.229. The summed E-state index contributed by atoms with van der Waals surface area (Å²) in [7, 11) is 0. The highest BCUT2D eigenvalue weighted by Crippen LogP contribution is 2.45. The van der Waals surface area contributed by atoms with E-state index in [4.69, 9.17) is 17.0 Å². The molecular formula is C17H22N2OS. The summed E-state index contributed by atoms with van der Waals surface area (Å²) < 4.78 is 6.37. The van der Waals surface area contributed by atoms with Crippen LogP contribution in [-0.2, 0) is 0 Å². The Kier molecular flexibility index (Phi) is 3.24. The van der Waals surface area contributed by atoms with Gasteiger partial charge in [-0.2, -0.15) is 0 Å². The number of ether oxygens (including phenoxy) is 1. The first-order chi connectivity index (χ1) is 9.80. The molecule has 21 heavy (non-hydrogen) atoms. The first-order valence-electron chi connectivity index (χ1n) is 7.33. The number of rotatable bonds is 2. The predicted molar refractivity (Wildman–Crippen MR) is 89.6 cm³/mol. The summed E-state index contributed by atoms with van der Waals surface area (Å²) in [5.41, 5.74) is 4.44. The van der Waals surface area contributed by atoms with Gasteiger partial charge in [-0.25, -0.2) is 0 Å². The van der Waals surface area contributed by atoms with E-state index >= 15 is 0 Å². The van der Waals surface area contributed by atoms with Gasteiger partial charge in [0.15, 0.2) is 10.8 Å². The first-order valence-corrected chi connectivity index (χ1v) is 7.74. The first kappa shape index (κ1) is 14.4. The fraction of sp³-hybridized carbons (Fsp3) is 0.471. The zero-order chi connectivity index (χ0) is 15.4. The number of aryl methyl sites for hydroxylation is 2. The van der Waals surface area contributed by atoms with Gasteiger partial charge in [-0.05, 0) is 57.1 Å². The van der Waals surface area contributed by atoms with Gasteiger partial charge in [-0.3, -0.25) is 0 Å². The van der Waals surface area contributed by atoms with E-state index in [-0.39, 0.29) is 6.04 Å². The third-order valence-corrected chi connectivity index (χ3v) is 4.79. The Morgan fingerprint density at radius 1 is 1.48 bits per heavy atom. The van der Waals surface area contributed by atoms with Crippen LogP contribution in [0.5, 0.6) is 5.75 Å². The van der Waals surface area contributed by atoms with E-state index in [1.807, 2.05) is 6.92 Å². The molecule has 112 valence electrons. The largest absolute Gasteiger partial charge is 0.468 e. The van der Waals surface area contributed by atoms with E-state index in [1.54, 1.807) is 0 Å². The van der Waals surface area contributed by atoms with Gasteiger partial charge < -0.3 is 15.0 Å². The zero-order valence-electron chi connectivity index (χ0n) is 13.1. The molecule has 0 aromatic heterocycles. The summed E-state index contributed by atoms with van der Waals surface area (Å²) >= 11 is 5.55. The molecule has 4 heteroatoms. The molecule has 2 bridgehead atoms. The third-order valence-electron chi connectivity index (χ3n) is 4.46. The van der Waals surface area contributed by atoms with Gasteiger partial charge in [-0.1, -0.05) is 18.2 Å². The molecule has 0 radical (unpaired) electrons. The zero-order valence-corrected chi connectivity index (χ0v) is 13.9. The highest BCUT2D eigenvalue weighted by atomic mass is 32.1. The lowest BCUT2D eigenvalue weighted by molar-refractivity contribution is -0.0642. The Hall–Kier alpha value is -1.55.